The van der Waals surface area contributed by atoms with Crippen LogP contribution in [0.4, 0.5) is 4.79 Å². The van der Waals surface area contributed by atoms with Crippen LogP contribution in [0.25, 0.3) is 5.69 Å². The number of piperidine rings is 1. The lowest BCUT2D eigenvalue weighted by Gasteiger charge is -2.33. The summed E-state index contributed by atoms with van der Waals surface area (Å²) in [6.45, 7) is 7.25. The van der Waals surface area contributed by atoms with Crippen molar-refractivity contribution in [1.82, 2.24) is 14.7 Å². The highest BCUT2D eigenvalue weighted by Crippen LogP contribution is 2.19. The number of ether oxygens (including phenoxy) is 2. The summed E-state index contributed by atoms with van der Waals surface area (Å²) in [5.74, 6) is 0. The number of likely N-dealkylation sites (tertiary alicyclic amines) is 1. The van der Waals surface area contributed by atoms with Crippen molar-refractivity contribution in [3.8, 4) is 5.69 Å². The number of carbonyl (C=O) groups is 1. The molecular weight excluding hydrogens is 406 g/mol. The van der Waals surface area contributed by atoms with Gasteiger partial charge < -0.3 is 14.4 Å². The van der Waals surface area contributed by atoms with E-state index in [-0.39, 0.29) is 17.1 Å². The Labute approximate surface area is 177 Å². The summed E-state index contributed by atoms with van der Waals surface area (Å²) < 4.78 is 36.2. The number of amides is 1. The number of carbonyl (C=O) groups excluding carboxylic acids is 1. The highest BCUT2D eigenvalue weighted by Gasteiger charge is 2.27. The number of benzene rings is 1. The fourth-order valence-corrected chi connectivity index (χ4v) is 3.80. The van der Waals surface area contributed by atoms with Gasteiger partial charge in [-0.25, -0.2) is 17.9 Å². The van der Waals surface area contributed by atoms with Gasteiger partial charge in [0.25, 0.3) is 0 Å². The van der Waals surface area contributed by atoms with Crippen molar-refractivity contribution in [3.63, 3.8) is 0 Å². The van der Waals surface area contributed by atoms with E-state index in [0.717, 1.165) is 24.1 Å². The summed E-state index contributed by atoms with van der Waals surface area (Å²) in [7, 11) is -3.22. The Balaban J connectivity index is 1.49. The zero-order chi connectivity index (χ0) is 21.9. The summed E-state index contributed by atoms with van der Waals surface area (Å²) in [5, 5.41) is 4.33. The van der Waals surface area contributed by atoms with Gasteiger partial charge in [0.15, 0.2) is 9.84 Å². The molecule has 0 atom stereocenters. The molecule has 2 heterocycles. The smallest absolute Gasteiger partial charge is 0.410 e. The number of rotatable bonds is 5. The van der Waals surface area contributed by atoms with E-state index in [1.165, 1.54) is 6.26 Å². The molecule has 0 spiro atoms. The van der Waals surface area contributed by atoms with Gasteiger partial charge in [-0.05, 0) is 57.9 Å². The molecule has 1 aliphatic heterocycles. The number of hydrogen-bond donors (Lipinski definition) is 0. The lowest BCUT2D eigenvalue weighted by molar-refractivity contribution is -0.0170. The maximum absolute atomic E-state index is 12.1. The van der Waals surface area contributed by atoms with Crippen LogP contribution in [0.15, 0.2) is 41.6 Å². The number of nitrogens with zero attached hydrogens (tertiary/aromatic N) is 3. The standard InChI is InChI=1S/C21H29N3O5S/c1-21(2,3)29-20(25)23-11-9-18(10-12-23)28-15-16-13-22-24(14-16)17-5-7-19(8-6-17)30(4,26)27/h5-8,13-14,18H,9-12,15H2,1-4H3. The Morgan fingerprint density at radius 2 is 1.80 bits per heavy atom. The molecule has 8 nitrogen and oxygen atoms in total. The minimum absolute atomic E-state index is 0.0843. The van der Waals surface area contributed by atoms with Gasteiger partial charge in [-0.15, -0.1) is 0 Å². The van der Waals surface area contributed by atoms with Crippen LogP contribution in [0.3, 0.4) is 0 Å². The molecule has 2 aromatic rings. The number of hydrogen-bond acceptors (Lipinski definition) is 6. The Morgan fingerprint density at radius 1 is 1.17 bits per heavy atom. The van der Waals surface area contributed by atoms with Crippen LogP contribution >= 0.6 is 0 Å². The predicted octanol–water partition coefficient (Wildman–Crippen LogP) is 3.19. The lowest BCUT2D eigenvalue weighted by Crippen LogP contribution is -2.43. The molecule has 1 aromatic carbocycles. The maximum atomic E-state index is 12.1. The molecule has 9 heteroatoms. The van der Waals surface area contributed by atoms with Crippen molar-refractivity contribution in [1.29, 1.82) is 0 Å². The van der Waals surface area contributed by atoms with Gasteiger partial charge in [-0.2, -0.15) is 5.10 Å². The van der Waals surface area contributed by atoms with Gasteiger partial charge in [0.2, 0.25) is 0 Å². The molecule has 1 fully saturated rings. The van der Waals surface area contributed by atoms with Crippen LogP contribution in [-0.2, 0) is 25.9 Å². The van der Waals surface area contributed by atoms with E-state index in [1.54, 1.807) is 40.0 Å². The van der Waals surface area contributed by atoms with Crippen LogP contribution in [-0.4, -0.2) is 60.2 Å². The molecule has 3 rings (SSSR count). The zero-order valence-corrected chi connectivity index (χ0v) is 18.7. The molecule has 164 valence electrons. The van der Waals surface area contributed by atoms with Crippen LogP contribution in [0.5, 0.6) is 0 Å². The highest BCUT2D eigenvalue weighted by atomic mass is 32.2. The fraction of sp³-hybridized carbons (Fsp3) is 0.524. The van der Waals surface area contributed by atoms with Crippen molar-refractivity contribution in [2.24, 2.45) is 0 Å². The molecule has 30 heavy (non-hydrogen) atoms. The average Bonchev–Trinajstić information content (AvgIpc) is 3.14. The minimum atomic E-state index is -3.22. The van der Waals surface area contributed by atoms with Crippen molar-refractivity contribution in [2.75, 3.05) is 19.3 Å². The first-order chi connectivity index (χ1) is 14.0. The Bertz CT molecular complexity index is 969. The summed E-state index contributed by atoms with van der Waals surface area (Å²) in [6.07, 6.45) is 6.13. The molecule has 0 aliphatic carbocycles. The van der Waals surface area contributed by atoms with Crippen LogP contribution in [0.1, 0.15) is 39.2 Å². The first kappa shape index (κ1) is 22.3. The van der Waals surface area contributed by atoms with E-state index >= 15 is 0 Å². The minimum Gasteiger partial charge on any atom is -0.444 e. The molecule has 1 saturated heterocycles. The summed E-state index contributed by atoms with van der Waals surface area (Å²) in [5.41, 5.74) is 1.21. The second kappa shape index (κ2) is 8.77. The molecule has 0 unspecified atom stereocenters. The Kier molecular flexibility index (Phi) is 6.52. The van der Waals surface area contributed by atoms with Gasteiger partial charge in [0.05, 0.1) is 29.5 Å². The quantitative estimate of drug-likeness (QED) is 0.716. The predicted molar refractivity (Wildman–Crippen MR) is 112 cm³/mol. The molecule has 1 aromatic heterocycles. The third-order valence-electron chi connectivity index (χ3n) is 4.74. The topological polar surface area (TPSA) is 90.7 Å². The summed E-state index contributed by atoms with van der Waals surface area (Å²) >= 11 is 0. The molecular formula is C21H29N3O5S. The maximum Gasteiger partial charge on any atom is 0.410 e. The summed E-state index contributed by atoms with van der Waals surface area (Å²) in [4.78, 5) is 14.1. The van der Waals surface area contributed by atoms with Crippen LogP contribution in [0.2, 0.25) is 0 Å². The zero-order valence-electron chi connectivity index (χ0n) is 17.9. The number of sulfone groups is 1. The second-order valence-corrected chi connectivity index (χ2v) is 10.6. The Morgan fingerprint density at radius 3 is 2.37 bits per heavy atom. The first-order valence-electron chi connectivity index (χ1n) is 9.95. The highest BCUT2D eigenvalue weighted by molar-refractivity contribution is 7.90. The second-order valence-electron chi connectivity index (χ2n) is 8.54. The van der Waals surface area contributed by atoms with Gasteiger partial charge in [0, 0.05) is 31.1 Å². The molecule has 0 N–H and O–H groups in total. The lowest BCUT2D eigenvalue weighted by atomic mass is 10.1. The van der Waals surface area contributed by atoms with Crippen LogP contribution < -0.4 is 0 Å². The van der Waals surface area contributed by atoms with E-state index in [0.29, 0.717) is 19.7 Å². The van der Waals surface area contributed by atoms with Crippen molar-refractivity contribution in [2.45, 2.75) is 56.8 Å². The summed E-state index contributed by atoms with van der Waals surface area (Å²) in [6, 6.07) is 6.59. The van der Waals surface area contributed by atoms with E-state index in [9.17, 15) is 13.2 Å². The van der Waals surface area contributed by atoms with Crippen molar-refractivity contribution >= 4 is 15.9 Å². The van der Waals surface area contributed by atoms with E-state index in [4.69, 9.17) is 9.47 Å². The number of aromatic nitrogens is 2. The normalized spacial score (nSPS) is 15.9. The van der Waals surface area contributed by atoms with Gasteiger partial charge in [-0.1, -0.05) is 0 Å². The van der Waals surface area contributed by atoms with Gasteiger partial charge >= 0.3 is 6.09 Å². The molecule has 1 aliphatic rings. The molecule has 0 saturated carbocycles. The molecule has 1 amide bonds. The third-order valence-corrected chi connectivity index (χ3v) is 5.87. The molecule has 0 bridgehead atoms. The van der Waals surface area contributed by atoms with Crippen LogP contribution in [0, 0.1) is 0 Å². The first-order valence-corrected chi connectivity index (χ1v) is 11.8. The third kappa shape index (κ3) is 6.06. The average molecular weight is 436 g/mol. The monoisotopic (exact) mass is 435 g/mol. The van der Waals surface area contributed by atoms with E-state index in [1.807, 2.05) is 27.0 Å². The largest absolute Gasteiger partial charge is 0.444 e. The van der Waals surface area contributed by atoms with Crippen molar-refractivity contribution < 1.29 is 22.7 Å². The van der Waals surface area contributed by atoms with Gasteiger partial charge in [0.1, 0.15) is 5.60 Å². The SMILES string of the molecule is CC(C)(C)OC(=O)N1CCC(OCc2cnn(-c3ccc(S(C)(=O)=O)cc3)c2)CC1. The Hall–Kier alpha value is -2.39. The van der Waals surface area contributed by atoms with E-state index in [2.05, 4.69) is 5.10 Å². The van der Waals surface area contributed by atoms with E-state index < -0.39 is 15.4 Å². The fourth-order valence-electron chi connectivity index (χ4n) is 3.17. The van der Waals surface area contributed by atoms with Crippen molar-refractivity contribution in [3.05, 3.63) is 42.2 Å². The molecule has 0 radical (unpaired) electrons. The van der Waals surface area contributed by atoms with Gasteiger partial charge in [-0.3, -0.25) is 0 Å².